The summed E-state index contributed by atoms with van der Waals surface area (Å²) in [5.74, 6) is 0.967. The Morgan fingerprint density at radius 3 is 2.43 bits per heavy atom. The Hall–Kier alpha value is -3.41. The van der Waals surface area contributed by atoms with Gasteiger partial charge in [0.15, 0.2) is 5.82 Å². The number of H-pyrrole nitrogens is 1. The molecular weight excluding hydrogens is 350 g/mol. The topological polar surface area (TPSA) is 75.1 Å². The van der Waals surface area contributed by atoms with Crippen molar-refractivity contribution in [2.24, 2.45) is 0 Å². The van der Waals surface area contributed by atoms with Crippen LogP contribution < -0.4 is 10.9 Å². The maximum atomic E-state index is 12.5. The Labute approximate surface area is 163 Å². The molecular formula is C22H23N5O. The third-order valence-electron chi connectivity index (χ3n) is 4.65. The molecule has 2 heterocycles. The van der Waals surface area contributed by atoms with E-state index in [0.29, 0.717) is 18.1 Å². The molecule has 0 fully saturated rings. The summed E-state index contributed by atoms with van der Waals surface area (Å²) >= 11 is 0. The average molecular weight is 373 g/mol. The Balaban J connectivity index is 1.62. The van der Waals surface area contributed by atoms with Gasteiger partial charge in [-0.05, 0) is 23.1 Å². The van der Waals surface area contributed by atoms with Gasteiger partial charge in [0.25, 0.3) is 5.56 Å². The van der Waals surface area contributed by atoms with Crippen molar-refractivity contribution in [1.82, 2.24) is 19.6 Å². The van der Waals surface area contributed by atoms with Crippen LogP contribution in [-0.4, -0.2) is 19.6 Å². The predicted octanol–water partition coefficient (Wildman–Crippen LogP) is 3.99. The highest BCUT2D eigenvalue weighted by molar-refractivity contribution is 5.57. The van der Waals surface area contributed by atoms with Crippen LogP contribution in [0.15, 0.2) is 65.5 Å². The summed E-state index contributed by atoms with van der Waals surface area (Å²) in [5, 5.41) is 7.66. The molecule has 0 unspecified atom stereocenters. The lowest BCUT2D eigenvalue weighted by molar-refractivity contribution is 0.590. The fourth-order valence-electron chi connectivity index (χ4n) is 3.03. The Morgan fingerprint density at radius 2 is 1.75 bits per heavy atom. The van der Waals surface area contributed by atoms with E-state index in [9.17, 15) is 4.79 Å². The first kappa shape index (κ1) is 18.0. The SMILES string of the molecule is CC(C)(C)c1ccc(-c2nc3[nH]c(CNc4ccccc4)cc(=O)n3n2)cc1. The number of hydrogen-bond donors (Lipinski definition) is 2. The Morgan fingerprint density at radius 1 is 1.04 bits per heavy atom. The van der Waals surface area contributed by atoms with Gasteiger partial charge in [-0.3, -0.25) is 4.79 Å². The normalized spacial score (nSPS) is 11.7. The highest BCUT2D eigenvalue weighted by atomic mass is 16.1. The van der Waals surface area contributed by atoms with E-state index in [2.05, 4.69) is 53.3 Å². The third kappa shape index (κ3) is 3.67. The van der Waals surface area contributed by atoms with Crippen LogP contribution in [-0.2, 0) is 12.0 Å². The molecule has 28 heavy (non-hydrogen) atoms. The number of nitrogens with one attached hydrogen (secondary N) is 2. The minimum absolute atomic E-state index is 0.0848. The number of fused-ring (bicyclic) bond motifs is 1. The molecule has 0 atom stereocenters. The average Bonchev–Trinajstić information content (AvgIpc) is 3.11. The van der Waals surface area contributed by atoms with Crippen LogP contribution in [0.2, 0.25) is 0 Å². The zero-order chi connectivity index (χ0) is 19.7. The molecule has 6 heteroatoms. The van der Waals surface area contributed by atoms with E-state index in [0.717, 1.165) is 16.9 Å². The molecule has 142 valence electrons. The molecule has 2 aromatic heterocycles. The number of para-hydroxylation sites is 1. The van der Waals surface area contributed by atoms with E-state index in [1.165, 1.54) is 10.1 Å². The van der Waals surface area contributed by atoms with Crippen LogP contribution in [0.3, 0.4) is 0 Å². The minimum Gasteiger partial charge on any atom is -0.379 e. The van der Waals surface area contributed by atoms with Crippen molar-refractivity contribution < 1.29 is 0 Å². The smallest absolute Gasteiger partial charge is 0.275 e. The third-order valence-corrected chi connectivity index (χ3v) is 4.65. The minimum atomic E-state index is -0.205. The van der Waals surface area contributed by atoms with Gasteiger partial charge in [-0.25, -0.2) is 0 Å². The van der Waals surface area contributed by atoms with Crippen molar-refractivity contribution in [1.29, 1.82) is 0 Å². The fraction of sp³-hybridized carbons (Fsp3) is 0.227. The summed E-state index contributed by atoms with van der Waals surface area (Å²) in [6.07, 6.45) is 0. The van der Waals surface area contributed by atoms with Crippen molar-refractivity contribution in [3.63, 3.8) is 0 Å². The second kappa shape index (κ2) is 6.96. The number of nitrogens with zero attached hydrogens (tertiary/aromatic N) is 3. The van der Waals surface area contributed by atoms with Gasteiger partial charge in [0.2, 0.25) is 5.78 Å². The molecule has 6 nitrogen and oxygen atoms in total. The van der Waals surface area contributed by atoms with Crippen molar-refractivity contribution in [3.05, 3.63) is 82.3 Å². The maximum absolute atomic E-state index is 12.5. The van der Waals surface area contributed by atoms with Crippen LogP contribution in [0.5, 0.6) is 0 Å². The first-order valence-corrected chi connectivity index (χ1v) is 9.29. The predicted molar refractivity (Wildman–Crippen MR) is 112 cm³/mol. The molecule has 0 spiro atoms. The molecule has 4 aromatic rings. The first-order chi connectivity index (χ1) is 13.4. The number of aromatic amines is 1. The zero-order valence-electron chi connectivity index (χ0n) is 16.2. The van der Waals surface area contributed by atoms with E-state index in [1.807, 2.05) is 42.5 Å². The molecule has 0 amide bonds. The Kier molecular flexibility index (Phi) is 4.47. The van der Waals surface area contributed by atoms with E-state index in [1.54, 1.807) is 6.07 Å². The number of rotatable bonds is 4. The van der Waals surface area contributed by atoms with E-state index >= 15 is 0 Å². The summed E-state index contributed by atoms with van der Waals surface area (Å²) in [6, 6.07) is 19.6. The van der Waals surface area contributed by atoms with Gasteiger partial charge in [-0.2, -0.15) is 9.50 Å². The molecule has 0 aliphatic carbocycles. The number of hydrogen-bond acceptors (Lipinski definition) is 4. The van der Waals surface area contributed by atoms with Gasteiger partial charge >= 0.3 is 0 Å². The van der Waals surface area contributed by atoms with Crippen LogP contribution in [0.1, 0.15) is 32.0 Å². The monoisotopic (exact) mass is 373 g/mol. The zero-order valence-corrected chi connectivity index (χ0v) is 16.2. The van der Waals surface area contributed by atoms with Gasteiger partial charge < -0.3 is 10.3 Å². The summed E-state index contributed by atoms with van der Waals surface area (Å²) in [6.45, 7) is 7.02. The van der Waals surface area contributed by atoms with Crippen molar-refractivity contribution in [3.8, 4) is 11.4 Å². The standard InChI is InChI=1S/C22H23N5O/c1-22(2,3)16-11-9-15(10-12-16)20-25-21-24-18(13-19(28)27(21)26-20)14-23-17-7-5-4-6-8-17/h4-13,23H,14H2,1-3H3,(H,24,25,26). The van der Waals surface area contributed by atoms with Crippen LogP contribution >= 0.6 is 0 Å². The summed E-state index contributed by atoms with van der Waals surface area (Å²) in [4.78, 5) is 20.2. The molecule has 2 N–H and O–H groups in total. The largest absolute Gasteiger partial charge is 0.379 e. The summed E-state index contributed by atoms with van der Waals surface area (Å²) in [7, 11) is 0. The van der Waals surface area contributed by atoms with Gasteiger partial charge in [0, 0.05) is 23.0 Å². The van der Waals surface area contributed by atoms with Crippen LogP contribution in [0.4, 0.5) is 5.69 Å². The summed E-state index contributed by atoms with van der Waals surface area (Å²) in [5.41, 5.74) is 3.75. The van der Waals surface area contributed by atoms with Crippen molar-refractivity contribution >= 4 is 11.5 Å². The van der Waals surface area contributed by atoms with Crippen molar-refractivity contribution in [2.45, 2.75) is 32.7 Å². The lowest BCUT2D eigenvalue weighted by Crippen LogP contribution is -2.17. The van der Waals surface area contributed by atoms with Crippen molar-refractivity contribution in [2.75, 3.05) is 5.32 Å². The van der Waals surface area contributed by atoms with Gasteiger partial charge in [0.1, 0.15) is 0 Å². The highest BCUT2D eigenvalue weighted by Gasteiger charge is 2.15. The molecule has 0 aliphatic heterocycles. The lowest BCUT2D eigenvalue weighted by Gasteiger charge is -2.18. The summed E-state index contributed by atoms with van der Waals surface area (Å²) < 4.78 is 1.30. The van der Waals surface area contributed by atoms with E-state index < -0.39 is 0 Å². The number of aromatic nitrogens is 4. The molecule has 0 aliphatic rings. The number of benzene rings is 2. The molecule has 4 rings (SSSR count). The first-order valence-electron chi connectivity index (χ1n) is 9.29. The van der Waals surface area contributed by atoms with Crippen LogP contribution in [0.25, 0.3) is 17.2 Å². The van der Waals surface area contributed by atoms with E-state index in [4.69, 9.17) is 0 Å². The maximum Gasteiger partial charge on any atom is 0.275 e. The quantitative estimate of drug-likeness (QED) is 0.567. The molecule has 0 saturated heterocycles. The van der Waals surface area contributed by atoms with E-state index in [-0.39, 0.29) is 11.0 Å². The van der Waals surface area contributed by atoms with Gasteiger partial charge in [0.05, 0.1) is 6.54 Å². The second-order valence-corrected chi connectivity index (χ2v) is 7.85. The lowest BCUT2D eigenvalue weighted by atomic mass is 9.87. The molecule has 0 saturated carbocycles. The molecule has 0 bridgehead atoms. The van der Waals surface area contributed by atoms with Gasteiger partial charge in [-0.1, -0.05) is 63.2 Å². The van der Waals surface area contributed by atoms with Crippen LogP contribution in [0, 0.1) is 0 Å². The highest BCUT2D eigenvalue weighted by Crippen LogP contribution is 2.24. The Bertz CT molecular complexity index is 1150. The molecule has 0 radical (unpaired) electrons. The second-order valence-electron chi connectivity index (χ2n) is 7.85. The number of anilines is 1. The van der Waals surface area contributed by atoms with Gasteiger partial charge in [-0.15, -0.1) is 5.10 Å². The molecule has 2 aromatic carbocycles. The fourth-order valence-corrected chi connectivity index (χ4v) is 3.03.